The number of likely N-dealkylation sites (tertiary alicyclic amines) is 1. The van der Waals surface area contributed by atoms with E-state index in [1.165, 1.54) is 4.90 Å². The van der Waals surface area contributed by atoms with E-state index in [2.05, 4.69) is 20.2 Å². The number of methoxy groups -OCH3 is 1. The fourth-order valence-corrected chi connectivity index (χ4v) is 5.88. The molecule has 3 aliphatic rings. The van der Waals surface area contributed by atoms with E-state index in [4.69, 9.17) is 9.47 Å². The van der Waals surface area contributed by atoms with Crippen molar-refractivity contribution in [3.63, 3.8) is 0 Å². The van der Waals surface area contributed by atoms with E-state index in [1.54, 1.807) is 44.6 Å². The lowest BCUT2D eigenvalue weighted by atomic mass is 10.0. The fourth-order valence-electron chi connectivity index (χ4n) is 5.88. The number of piperidine rings is 1. The summed E-state index contributed by atoms with van der Waals surface area (Å²) in [5.74, 6) is 1.19. The molecule has 41 heavy (non-hydrogen) atoms. The van der Waals surface area contributed by atoms with Crippen LogP contribution in [0.1, 0.15) is 33.6 Å². The van der Waals surface area contributed by atoms with Crippen molar-refractivity contribution < 1.29 is 19.1 Å². The van der Waals surface area contributed by atoms with E-state index in [1.807, 2.05) is 35.0 Å². The van der Waals surface area contributed by atoms with Crippen molar-refractivity contribution in [2.24, 2.45) is 0 Å². The number of para-hydroxylation sites is 1. The van der Waals surface area contributed by atoms with Gasteiger partial charge in [0.15, 0.2) is 17.3 Å². The van der Waals surface area contributed by atoms with Crippen LogP contribution >= 0.6 is 0 Å². The van der Waals surface area contributed by atoms with Crippen molar-refractivity contribution in [1.82, 2.24) is 25.1 Å². The number of carbonyl (C=O) groups is 2. The summed E-state index contributed by atoms with van der Waals surface area (Å²) in [7, 11) is 5.10. The standard InChI is InChI=1S/C30H35N7O4/c1-34-23-7-5-4-6-22(23)29(39)35(2)24-19-32-30(33-27(24)34)41-25-9-8-20(18-26(25)40-3)28(38)37-14-10-21(11-15-37)36-16-12-31-13-17-36/h4-9,18-19,21,31H,10-17H2,1-3H3. The summed E-state index contributed by atoms with van der Waals surface area (Å²) in [5.41, 5.74) is 2.43. The fraction of sp³-hybridized carbons (Fsp3) is 0.400. The summed E-state index contributed by atoms with van der Waals surface area (Å²) in [4.78, 5) is 43.3. The molecular formula is C30H35N7O4. The van der Waals surface area contributed by atoms with Crippen LogP contribution in [0.25, 0.3) is 0 Å². The molecule has 0 spiro atoms. The Kier molecular flexibility index (Phi) is 7.46. The Morgan fingerprint density at radius 3 is 2.46 bits per heavy atom. The predicted octanol–water partition coefficient (Wildman–Crippen LogP) is 3.15. The van der Waals surface area contributed by atoms with Gasteiger partial charge in [0.05, 0.1) is 24.6 Å². The number of hydrogen-bond acceptors (Lipinski definition) is 9. The van der Waals surface area contributed by atoms with Gasteiger partial charge in [0.1, 0.15) is 5.69 Å². The Hall–Kier alpha value is -4.22. The van der Waals surface area contributed by atoms with Crippen LogP contribution in [0.15, 0.2) is 48.7 Å². The Labute approximate surface area is 239 Å². The number of piperazine rings is 1. The third kappa shape index (κ3) is 5.18. The first-order chi connectivity index (χ1) is 19.9. The van der Waals surface area contributed by atoms with Gasteiger partial charge in [-0.1, -0.05) is 12.1 Å². The monoisotopic (exact) mass is 557 g/mol. The number of amides is 2. The van der Waals surface area contributed by atoms with Crippen molar-refractivity contribution in [1.29, 1.82) is 0 Å². The zero-order valence-corrected chi connectivity index (χ0v) is 23.7. The number of ether oxygens (including phenoxy) is 2. The predicted molar refractivity (Wildman–Crippen MR) is 156 cm³/mol. The molecule has 0 unspecified atom stereocenters. The highest BCUT2D eigenvalue weighted by molar-refractivity contribution is 6.13. The zero-order chi connectivity index (χ0) is 28.5. The highest BCUT2D eigenvalue weighted by Gasteiger charge is 2.30. The quantitative estimate of drug-likeness (QED) is 0.507. The number of hydrogen-bond donors (Lipinski definition) is 1. The minimum absolute atomic E-state index is 0.0112. The molecule has 3 aliphatic heterocycles. The highest BCUT2D eigenvalue weighted by atomic mass is 16.5. The second-order valence-corrected chi connectivity index (χ2v) is 10.6. The third-order valence-electron chi connectivity index (χ3n) is 8.24. The largest absolute Gasteiger partial charge is 0.493 e. The molecule has 4 heterocycles. The van der Waals surface area contributed by atoms with E-state index >= 15 is 0 Å². The van der Waals surface area contributed by atoms with E-state index in [-0.39, 0.29) is 17.8 Å². The smallest absolute Gasteiger partial charge is 0.324 e. The lowest BCUT2D eigenvalue weighted by molar-refractivity contribution is 0.0601. The molecule has 2 saturated heterocycles. The zero-order valence-electron chi connectivity index (χ0n) is 23.7. The molecule has 0 aliphatic carbocycles. The topological polar surface area (TPSA) is 103 Å². The molecule has 0 bridgehead atoms. The van der Waals surface area contributed by atoms with Crippen LogP contribution in [-0.4, -0.2) is 98.1 Å². The molecule has 6 rings (SSSR count). The van der Waals surface area contributed by atoms with Crippen LogP contribution in [0.3, 0.4) is 0 Å². The van der Waals surface area contributed by atoms with Crippen LogP contribution in [0.2, 0.25) is 0 Å². The van der Waals surface area contributed by atoms with Gasteiger partial charge in [-0.3, -0.25) is 14.5 Å². The summed E-state index contributed by atoms with van der Waals surface area (Å²) in [5, 5.41) is 3.41. The van der Waals surface area contributed by atoms with Crippen LogP contribution in [0.5, 0.6) is 17.5 Å². The summed E-state index contributed by atoms with van der Waals surface area (Å²) >= 11 is 0. The van der Waals surface area contributed by atoms with Gasteiger partial charge in [0, 0.05) is 65.0 Å². The number of fused-ring (bicyclic) bond motifs is 2. The maximum absolute atomic E-state index is 13.4. The number of nitrogens with zero attached hydrogens (tertiary/aromatic N) is 6. The van der Waals surface area contributed by atoms with Gasteiger partial charge in [-0.15, -0.1) is 0 Å². The Balaban J connectivity index is 1.18. The van der Waals surface area contributed by atoms with Crippen molar-refractivity contribution in [2.45, 2.75) is 18.9 Å². The molecule has 2 aromatic carbocycles. The molecule has 0 atom stereocenters. The minimum Gasteiger partial charge on any atom is -0.493 e. The van der Waals surface area contributed by atoms with Gasteiger partial charge in [-0.25, -0.2) is 4.98 Å². The highest BCUT2D eigenvalue weighted by Crippen LogP contribution is 2.39. The van der Waals surface area contributed by atoms with Crippen LogP contribution in [0.4, 0.5) is 17.2 Å². The molecule has 3 aromatic rings. The lowest BCUT2D eigenvalue weighted by Crippen LogP contribution is -2.52. The number of carbonyl (C=O) groups excluding carboxylic acids is 2. The first kappa shape index (κ1) is 27.0. The maximum atomic E-state index is 13.4. The molecule has 11 heteroatoms. The van der Waals surface area contributed by atoms with Crippen LogP contribution in [-0.2, 0) is 0 Å². The summed E-state index contributed by atoms with van der Waals surface area (Å²) in [6.07, 6.45) is 3.55. The van der Waals surface area contributed by atoms with Crippen LogP contribution < -0.4 is 24.6 Å². The number of nitrogens with one attached hydrogen (secondary N) is 1. The molecule has 1 aromatic heterocycles. The lowest BCUT2D eigenvalue weighted by Gasteiger charge is -2.40. The number of anilines is 3. The van der Waals surface area contributed by atoms with E-state index in [0.717, 1.165) is 57.8 Å². The van der Waals surface area contributed by atoms with Crippen molar-refractivity contribution in [3.8, 4) is 17.5 Å². The average molecular weight is 558 g/mol. The van der Waals surface area contributed by atoms with Gasteiger partial charge < -0.3 is 29.5 Å². The van der Waals surface area contributed by atoms with E-state index in [9.17, 15) is 9.59 Å². The molecule has 214 valence electrons. The summed E-state index contributed by atoms with van der Waals surface area (Å²) < 4.78 is 11.7. The normalized spacial score (nSPS) is 18.0. The van der Waals surface area contributed by atoms with Gasteiger partial charge in [-0.05, 0) is 43.2 Å². The van der Waals surface area contributed by atoms with Gasteiger partial charge in [0.2, 0.25) is 0 Å². The Morgan fingerprint density at radius 1 is 0.951 bits per heavy atom. The second-order valence-electron chi connectivity index (χ2n) is 10.6. The van der Waals surface area contributed by atoms with Crippen LogP contribution in [0, 0.1) is 0 Å². The molecule has 2 amide bonds. The van der Waals surface area contributed by atoms with E-state index < -0.39 is 0 Å². The molecule has 11 nitrogen and oxygen atoms in total. The SMILES string of the molecule is COc1cc(C(=O)N2CCC(N3CCNCC3)CC2)ccc1Oc1ncc2c(n1)N(C)c1ccccc1C(=O)N2C. The Bertz CT molecular complexity index is 1450. The number of rotatable bonds is 5. The molecule has 0 saturated carbocycles. The summed E-state index contributed by atoms with van der Waals surface area (Å²) in [6.45, 7) is 5.69. The second kappa shape index (κ2) is 11.3. The van der Waals surface area contributed by atoms with Crippen molar-refractivity contribution in [3.05, 3.63) is 59.8 Å². The third-order valence-corrected chi connectivity index (χ3v) is 8.24. The van der Waals surface area contributed by atoms with Gasteiger partial charge in [-0.2, -0.15) is 4.98 Å². The first-order valence-electron chi connectivity index (χ1n) is 14.0. The first-order valence-corrected chi connectivity index (χ1v) is 14.0. The van der Waals surface area contributed by atoms with Crippen molar-refractivity contribution in [2.75, 3.05) is 70.3 Å². The molecule has 1 N–H and O–H groups in total. The average Bonchev–Trinajstić information content (AvgIpc) is 3.11. The number of benzene rings is 2. The molecule has 2 fully saturated rings. The summed E-state index contributed by atoms with van der Waals surface area (Å²) in [6, 6.07) is 13.2. The van der Waals surface area contributed by atoms with Crippen molar-refractivity contribution >= 4 is 29.0 Å². The number of aromatic nitrogens is 2. The minimum atomic E-state index is -0.140. The Morgan fingerprint density at radius 2 is 1.71 bits per heavy atom. The molecular weight excluding hydrogens is 522 g/mol. The molecule has 0 radical (unpaired) electrons. The van der Waals surface area contributed by atoms with Gasteiger partial charge in [0.25, 0.3) is 11.8 Å². The van der Waals surface area contributed by atoms with Gasteiger partial charge >= 0.3 is 6.01 Å². The maximum Gasteiger partial charge on any atom is 0.324 e. The van der Waals surface area contributed by atoms with E-state index in [0.29, 0.717) is 40.2 Å².